The third-order valence-electron chi connectivity index (χ3n) is 8.49. The predicted octanol–water partition coefficient (Wildman–Crippen LogP) is 7.42. The number of hydrogen-bond acceptors (Lipinski definition) is 4. The van der Waals surface area contributed by atoms with Crippen LogP contribution >= 0.6 is 0 Å². The Hall–Kier alpha value is -5.36. The minimum atomic E-state index is -0.0295. The molecule has 0 atom stereocenters. The number of ether oxygens (including phenoxy) is 2. The summed E-state index contributed by atoms with van der Waals surface area (Å²) in [6.45, 7) is 1.08. The van der Waals surface area contributed by atoms with Gasteiger partial charge in [0.15, 0.2) is 0 Å². The van der Waals surface area contributed by atoms with E-state index in [4.69, 9.17) is 9.47 Å². The normalized spacial score (nSPS) is 13.0. The van der Waals surface area contributed by atoms with Gasteiger partial charge in [-0.25, -0.2) is 0 Å². The third-order valence-corrected chi connectivity index (χ3v) is 8.49. The number of nitrogens with zero attached hydrogens (tertiary/aromatic N) is 2. The molecule has 2 heterocycles. The summed E-state index contributed by atoms with van der Waals surface area (Å²) in [5.74, 6) is 1.67. The minimum Gasteiger partial charge on any atom is -0.497 e. The standard InChI is InChI=1S/C40H38N2O4/c1-45-35-17-15-33(21-31-13-19-39(43)41(27-31)25-29-9-5-3-6-10-29)37(23-35)38-24-36(46-2)18-16-34(38)22-32-14-20-40(44)42(28-32)26-30-11-7-4-8-12-30/h3-13,15-19,23-24,27-28H,14,20-22,25-26H2,1-2H3. The zero-order valence-corrected chi connectivity index (χ0v) is 26.3. The molecule has 6 heteroatoms. The molecular formula is C40H38N2O4. The quantitative estimate of drug-likeness (QED) is 0.156. The molecule has 0 bridgehead atoms. The number of carbonyl (C=O) groups is 1. The fourth-order valence-electron chi connectivity index (χ4n) is 6.04. The maximum Gasteiger partial charge on any atom is 0.250 e. The lowest BCUT2D eigenvalue weighted by Gasteiger charge is -2.26. The lowest BCUT2D eigenvalue weighted by atomic mass is 9.88. The van der Waals surface area contributed by atoms with Crippen molar-refractivity contribution in [2.75, 3.05) is 14.2 Å². The Morgan fingerprint density at radius 2 is 1.20 bits per heavy atom. The maximum atomic E-state index is 12.8. The topological polar surface area (TPSA) is 60.8 Å². The molecule has 6 nitrogen and oxygen atoms in total. The highest BCUT2D eigenvalue weighted by Gasteiger charge is 2.21. The Kier molecular flexibility index (Phi) is 9.44. The van der Waals surface area contributed by atoms with E-state index in [1.54, 1.807) is 24.9 Å². The number of pyridine rings is 1. The van der Waals surface area contributed by atoms with Crippen LogP contribution in [0.15, 0.2) is 132 Å². The summed E-state index contributed by atoms with van der Waals surface area (Å²) < 4.78 is 13.1. The van der Waals surface area contributed by atoms with E-state index in [-0.39, 0.29) is 11.5 Å². The second-order valence-corrected chi connectivity index (χ2v) is 11.7. The van der Waals surface area contributed by atoms with Crippen molar-refractivity contribution in [1.82, 2.24) is 9.47 Å². The average molecular weight is 611 g/mol. The van der Waals surface area contributed by atoms with Crippen molar-refractivity contribution in [1.29, 1.82) is 0 Å². The second-order valence-electron chi connectivity index (χ2n) is 11.7. The number of aromatic nitrogens is 1. The first-order chi connectivity index (χ1) is 22.5. The monoisotopic (exact) mass is 610 g/mol. The molecule has 0 fully saturated rings. The molecule has 1 aliphatic heterocycles. The van der Waals surface area contributed by atoms with Gasteiger partial charge in [-0.2, -0.15) is 0 Å². The summed E-state index contributed by atoms with van der Waals surface area (Å²) in [5.41, 5.74) is 8.75. The number of rotatable bonds is 11. The first-order valence-electron chi connectivity index (χ1n) is 15.6. The molecule has 1 aromatic heterocycles. The van der Waals surface area contributed by atoms with Gasteiger partial charge in [-0.3, -0.25) is 9.59 Å². The highest BCUT2D eigenvalue weighted by Crippen LogP contribution is 2.36. The van der Waals surface area contributed by atoms with Gasteiger partial charge in [0, 0.05) is 24.9 Å². The Labute approximate surface area is 270 Å². The van der Waals surface area contributed by atoms with Gasteiger partial charge in [-0.15, -0.1) is 0 Å². The molecule has 0 unspecified atom stereocenters. The predicted molar refractivity (Wildman–Crippen MR) is 182 cm³/mol. The maximum absolute atomic E-state index is 12.8. The van der Waals surface area contributed by atoms with Gasteiger partial charge in [-0.1, -0.05) is 78.9 Å². The highest BCUT2D eigenvalue weighted by atomic mass is 16.5. The Bertz CT molecular complexity index is 1910. The van der Waals surface area contributed by atoms with Crippen LogP contribution in [-0.2, 0) is 30.7 Å². The summed E-state index contributed by atoms with van der Waals surface area (Å²) in [5, 5.41) is 0. The summed E-state index contributed by atoms with van der Waals surface area (Å²) in [7, 11) is 3.36. The zero-order chi connectivity index (χ0) is 31.9. The van der Waals surface area contributed by atoms with E-state index >= 15 is 0 Å². The summed E-state index contributed by atoms with van der Waals surface area (Å²) in [6.07, 6.45) is 6.55. The summed E-state index contributed by atoms with van der Waals surface area (Å²) in [6, 6.07) is 36.0. The molecule has 0 N–H and O–H groups in total. The molecule has 46 heavy (non-hydrogen) atoms. The first-order valence-corrected chi connectivity index (χ1v) is 15.6. The number of carbonyl (C=O) groups excluding carboxylic acids is 1. The molecule has 1 amide bonds. The molecule has 0 radical (unpaired) electrons. The van der Waals surface area contributed by atoms with Crippen LogP contribution in [0.25, 0.3) is 11.1 Å². The number of amides is 1. The Morgan fingerprint density at radius 1 is 0.609 bits per heavy atom. The van der Waals surface area contributed by atoms with Gasteiger partial charge >= 0.3 is 0 Å². The van der Waals surface area contributed by atoms with Gasteiger partial charge in [0.25, 0.3) is 5.56 Å². The van der Waals surface area contributed by atoms with Crippen molar-refractivity contribution in [2.24, 2.45) is 0 Å². The molecular weight excluding hydrogens is 572 g/mol. The molecule has 0 aliphatic carbocycles. The van der Waals surface area contributed by atoms with Gasteiger partial charge in [0.05, 0.1) is 27.3 Å². The Balaban J connectivity index is 1.34. The van der Waals surface area contributed by atoms with Crippen LogP contribution in [0.4, 0.5) is 0 Å². The van der Waals surface area contributed by atoms with E-state index in [1.165, 1.54) is 5.57 Å². The first kappa shape index (κ1) is 30.7. The van der Waals surface area contributed by atoms with Gasteiger partial charge in [0.1, 0.15) is 11.5 Å². The van der Waals surface area contributed by atoms with E-state index in [0.29, 0.717) is 32.4 Å². The molecule has 232 valence electrons. The van der Waals surface area contributed by atoms with Crippen LogP contribution in [0.5, 0.6) is 11.5 Å². The minimum absolute atomic E-state index is 0.0295. The average Bonchev–Trinajstić information content (AvgIpc) is 3.09. The molecule has 0 saturated carbocycles. The van der Waals surface area contributed by atoms with Crippen LogP contribution in [0.2, 0.25) is 0 Å². The molecule has 1 aliphatic rings. The van der Waals surface area contributed by atoms with Gasteiger partial charge < -0.3 is 18.9 Å². The number of methoxy groups -OCH3 is 2. The van der Waals surface area contributed by atoms with Crippen LogP contribution in [0.1, 0.15) is 40.7 Å². The number of benzene rings is 4. The highest BCUT2D eigenvalue weighted by molar-refractivity contribution is 5.79. The molecule has 0 saturated heterocycles. The zero-order valence-electron chi connectivity index (χ0n) is 26.3. The van der Waals surface area contributed by atoms with E-state index in [1.807, 2.05) is 84.0 Å². The van der Waals surface area contributed by atoms with Crippen molar-refractivity contribution in [2.45, 2.75) is 38.8 Å². The second kappa shape index (κ2) is 14.2. The largest absolute Gasteiger partial charge is 0.497 e. The van der Waals surface area contributed by atoms with Gasteiger partial charge in [-0.05, 0) is 88.0 Å². The lowest BCUT2D eigenvalue weighted by Crippen LogP contribution is -2.29. The van der Waals surface area contributed by atoms with Crippen LogP contribution < -0.4 is 15.0 Å². The molecule has 5 aromatic rings. The van der Waals surface area contributed by atoms with Crippen molar-refractivity contribution in [3.8, 4) is 22.6 Å². The number of allylic oxidation sites excluding steroid dienone is 1. The number of hydrogen-bond donors (Lipinski definition) is 0. The van der Waals surface area contributed by atoms with Crippen molar-refractivity contribution < 1.29 is 14.3 Å². The van der Waals surface area contributed by atoms with Crippen LogP contribution in [0, 0.1) is 0 Å². The van der Waals surface area contributed by atoms with Crippen LogP contribution in [0.3, 0.4) is 0 Å². The molecule has 0 spiro atoms. The fourth-order valence-corrected chi connectivity index (χ4v) is 6.04. The van der Waals surface area contributed by atoms with Crippen LogP contribution in [-0.4, -0.2) is 29.6 Å². The SMILES string of the molecule is COc1ccc(CC2=CN(Cc3ccccc3)C(=O)CC2)c(-c2cc(OC)ccc2Cc2ccc(=O)n(Cc3ccccc3)c2)c1. The van der Waals surface area contributed by atoms with Crippen molar-refractivity contribution in [3.63, 3.8) is 0 Å². The Morgan fingerprint density at radius 3 is 1.80 bits per heavy atom. The van der Waals surface area contributed by atoms with E-state index in [9.17, 15) is 9.59 Å². The summed E-state index contributed by atoms with van der Waals surface area (Å²) in [4.78, 5) is 27.4. The smallest absolute Gasteiger partial charge is 0.250 e. The fraction of sp³-hybridized carbons (Fsp3) is 0.200. The van der Waals surface area contributed by atoms with Crippen molar-refractivity contribution in [3.05, 3.63) is 165 Å². The van der Waals surface area contributed by atoms with Crippen molar-refractivity contribution >= 4 is 5.91 Å². The summed E-state index contributed by atoms with van der Waals surface area (Å²) >= 11 is 0. The van der Waals surface area contributed by atoms with E-state index < -0.39 is 0 Å². The third kappa shape index (κ3) is 7.29. The van der Waals surface area contributed by atoms with Gasteiger partial charge in [0.2, 0.25) is 5.91 Å². The van der Waals surface area contributed by atoms with E-state index in [0.717, 1.165) is 56.9 Å². The lowest BCUT2D eigenvalue weighted by molar-refractivity contribution is -0.129. The molecule has 6 rings (SSSR count). The van der Waals surface area contributed by atoms with E-state index in [2.05, 4.69) is 36.4 Å². The molecule has 4 aromatic carbocycles.